The number of rotatable bonds is 3. The molecule has 0 saturated carbocycles. The maximum atomic E-state index is 12.8. The monoisotopic (exact) mass is 405 g/mol. The molecular weight excluding hydrogens is 395 g/mol. The van der Waals surface area contributed by atoms with Crippen molar-refractivity contribution in [3.8, 4) is 11.4 Å². The number of nitrogens with zero attached hydrogens (tertiary/aromatic N) is 5. The number of methoxy groups -OCH3 is 1. The fourth-order valence-corrected chi connectivity index (χ4v) is 2.76. The molecule has 0 aliphatic carbocycles. The van der Waals surface area contributed by atoms with E-state index in [9.17, 15) is 22.8 Å². The van der Waals surface area contributed by atoms with Crippen LogP contribution in [-0.2, 0) is 4.74 Å². The van der Waals surface area contributed by atoms with E-state index in [1.54, 1.807) is 0 Å². The van der Waals surface area contributed by atoms with Gasteiger partial charge in [-0.1, -0.05) is 0 Å². The number of carbonyl (C=O) groups is 1. The van der Waals surface area contributed by atoms with Gasteiger partial charge in [0.25, 0.3) is 5.56 Å². The molecule has 0 unspecified atom stereocenters. The number of hydrogen-bond donors (Lipinski definition) is 0. The number of halogens is 3. The van der Waals surface area contributed by atoms with Gasteiger partial charge in [-0.25, -0.2) is 9.31 Å². The zero-order valence-electron chi connectivity index (χ0n) is 14.5. The number of alkyl halides is 3. The standard InChI is InChI=1S/C17H10F3N5O4/c1-28-16(27)11-8-21-25-12-6-7-24(15(26)13(12)22-23-14(11)25)9-2-4-10(5-3-9)29-17(18,19)20/h2-8H,1H3. The molecule has 3 aromatic heterocycles. The van der Waals surface area contributed by atoms with Gasteiger partial charge in [0.05, 0.1) is 13.3 Å². The Morgan fingerprint density at radius 1 is 1.10 bits per heavy atom. The molecule has 148 valence electrons. The molecule has 0 radical (unpaired) electrons. The quantitative estimate of drug-likeness (QED) is 0.481. The highest BCUT2D eigenvalue weighted by atomic mass is 19.4. The van der Waals surface area contributed by atoms with Crippen molar-refractivity contribution in [1.29, 1.82) is 0 Å². The number of aromatic nitrogens is 5. The summed E-state index contributed by atoms with van der Waals surface area (Å²) in [6, 6.07) is 6.29. The van der Waals surface area contributed by atoms with Gasteiger partial charge in [-0.3, -0.25) is 9.36 Å². The van der Waals surface area contributed by atoms with E-state index in [0.29, 0.717) is 11.2 Å². The van der Waals surface area contributed by atoms with Gasteiger partial charge in [-0.15, -0.1) is 23.4 Å². The summed E-state index contributed by atoms with van der Waals surface area (Å²) in [7, 11) is 1.21. The number of carbonyl (C=O) groups excluding carboxylic acids is 1. The average molecular weight is 405 g/mol. The summed E-state index contributed by atoms with van der Waals surface area (Å²) in [6.07, 6.45) is -2.15. The first-order chi connectivity index (χ1) is 13.8. The Morgan fingerprint density at radius 3 is 2.48 bits per heavy atom. The van der Waals surface area contributed by atoms with Crippen LogP contribution in [0.1, 0.15) is 10.4 Å². The van der Waals surface area contributed by atoms with Crippen LogP contribution in [0.2, 0.25) is 0 Å². The second-order valence-electron chi connectivity index (χ2n) is 5.75. The Morgan fingerprint density at radius 2 is 1.83 bits per heavy atom. The number of esters is 1. The van der Waals surface area contributed by atoms with Crippen molar-refractivity contribution in [2.24, 2.45) is 0 Å². The summed E-state index contributed by atoms with van der Waals surface area (Å²) in [5.41, 5.74) is 0.181. The number of fused-ring (bicyclic) bond motifs is 3. The molecule has 4 aromatic rings. The number of ether oxygens (including phenoxy) is 2. The third-order valence-electron chi connectivity index (χ3n) is 4.02. The maximum Gasteiger partial charge on any atom is 0.573 e. The third kappa shape index (κ3) is 3.24. The van der Waals surface area contributed by atoms with Crippen LogP contribution in [0.25, 0.3) is 22.4 Å². The van der Waals surface area contributed by atoms with Gasteiger partial charge in [0.1, 0.15) is 16.8 Å². The van der Waals surface area contributed by atoms with Crippen molar-refractivity contribution >= 4 is 22.6 Å². The summed E-state index contributed by atoms with van der Waals surface area (Å²) in [5.74, 6) is -1.06. The van der Waals surface area contributed by atoms with Gasteiger partial charge < -0.3 is 9.47 Å². The predicted molar refractivity (Wildman–Crippen MR) is 91.9 cm³/mol. The summed E-state index contributed by atoms with van der Waals surface area (Å²) < 4.78 is 47.8. The normalized spacial score (nSPS) is 11.7. The van der Waals surface area contributed by atoms with E-state index in [1.807, 2.05) is 0 Å². The van der Waals surface area contributed by atoms with Crippen molar-refractivity contribution in [1.82, 2.24) is 24.4 Å². The molecule has 0 bridgehead atoms. The van der Waals surface area contributed by atoms with Crippen molar-refractivity contribution < 1.29 is 27.4 Å². The van der Waals surface area contributed by atoms with Gasteiger partial charge in [0, 0.05) is 11.9 Å². The molecule has 4 rings (SSSR count). The minimum atomic E-state index is -4.81. The Bertz CT molecular complexity index is 1290. The lowest BCUT2D eigenvalue weighted by atomic mass is 10.3. The summed E-state index contributed by atoms with van der Waals surface area (Å²) in [6.45, 7) is 0. The zero-order valence-corrected chi connectivity index (χ0v) is 14.5. The van der Waals surface area contributed by atoms with Gasteiger partial charge in [-0.05, 0) is 30.3 Å². The molecule has 12 heteroatoms. The highest BCUT2D eigenvalue weighted by Crippen LogP contribution is 2.23. The van der Waals surface area contributed by atoms with E-state index in [0.717, 1.165) is 12.1 Å². The van der Waals surface area contributed by atoms with E-state index in [1.165, 1.54) is 46.8 Å². The molecule has 1 aromatic carbocycles. The number of pyridine rings is 1. The average Bonchev–Trinajstić information content (AvgIpc) is 3.12. The zero-order chi connectivity index (χ0) is 20.8. The molecule has 0 atom stereocenters. The SMILES string of the molecule is COC(=O)c1cnn2c1nnc1c(=O)n(-c3ccc(OC(F)(F)F)cc3)ccc12. The number of hydrogen-bond acceptors (Lipinski definition) is 7. The lowest BCUT2D eigenvalue weighted by molar-refractivity contribution is -0.274. The molecule has 9 nitrogen and oxygen atoms in total. The predicted octanol–water partition coefficient (Wildman–Crippen LogP) is 2.11. The Labute approximate surface area is 158 Å². The van der Waals surface area contributed by atoms with Gasteiger partial charge in [0.15, 0.2) is 11.2 Å². The smallest absolute Gasteiger partial charge is 0.465 e. The topological polar surface area (TPSA) is 101 Å². The van der Waals surface area contributed by atoms with Crippen LogP contribution in [0, 0.1) is 0 Å². The highest BCUT2D eigenvalue weighted by molar-refractivity contribution is 5.96. The van der Waals surface area contributed by atoms with Gasteiger partial charge in [-0.2, -0.15) is 5.10 Å². The van der Waals surface area contributed by atoms with E-state index < -0.39 is 23.6 Å². The molecular formula is C17H10F3N5O4. The maximum absolute atomic E-state index is 12.8. The van der Waals surface area contributed by atoms with Crippen LogP contribution in [0.15, 0.2) is 47.5 Å². The second-order valence-corrected chi connectivity index (χ2v) is 5.75. The molecule has 0 N–H and O–H groups in total. The first kappa shape index (κ1) is 18.4. The van der Waals surface area contributed by atoms with Crippen molar-refractivity contribution in [2.75, 3.05) is 7.11 Å². The Balaban J connectivity index is 1.80. The Kier molecular flexibility index (Phi) is 4.18. The molecule has 0 saturated heterocycles. The van der Waals surface area contributed by atoms with Crippen molar-refractivity contribution in [3.63, 3.8) is 0 Å². The summed E-state index contributed by atoms with van der Waals surface area (Å²) >= 11 is 0. The largest absolute Gasteiger partial charge is 0.573 e. The van der Waals surface area contributed by atoms with Crippen molar-refractivity contribution in [2.45, 2.75) is 6.36 Å². The first-order valence-corrected chi connectivity index (χ1v) is 7.99. The Hall–Kier alpha value is -3.96. The minimum Gasteiger partial charge on any atom is -0.465 e. The molecule has 0 amide bonds. The fourth-order valence-electron chi connectivity index (χ4n) is 2.76. The summed E-state index contributed by atoms with van der Waals surface area (Å²) in [5, 5.41) is 11.8. The van der Waals surface area contributed by atoms with E-state index in [4.69, 9.17) is 0 Å². The van der Waals surface area contributed by atoms with Crippen LogP contribution in [-0.4, -0.2) is 43.8 Å². The molecule has 29 heavy (non-hydrogen) atoms. The summed E-state index contributed by atoms with van der Waals surface area (Å²) in [4.78, 5) is 24.6. The van der Waals surface area contributed by atoms with Crippen molar-refractivity contribution in [3.05, 3.63) is 58.6 Å². The second kappa shape index (κ2) is 6.58. The van der Waals surface area contributed by atoms with Gasteiger partial charge >= 0.3 is 12.3 Å². The molecule has 0 aliphatic rings. The molecule has 0 fully saturated rings. The molecule has 0 aliphatic heterocycles. The van der Waals surface area contributed by atoms with Crippen LogP contribution in [0.3, 0.4) is 0 Å². The van der Waals surface area contributed by atoms with E-state index >= 15 is 0 Å². The lowest BCUT2D eigenvalue weighted by Crippen LogP contribution is -2.20. The first-order valence-electron chi connectivity index (χ1n) is 7.99. The lowest BCUT2D eigenvalue weighted by Gasteiger charge is -2.10. The fraction of sp³-hybridized carbons (Fsp3) is 0.118. The number of benzene rings is 1. The van der Waals surface area contributed by atoms with E-state index in [2.05, 4.69) is 24.8 Å². The van der Waals surface area contributed by atoms with E-state index in [-0.39, 0.29) is 16.7 Å². The molecule has 3 heterocycles. The van der Waals surface area contributed by atoms with Gasteiger partial charge in [0.2, 0.25) is 0 Å². The van der Waals surface area contributed by atoms with Crippen LogP contribution >= 0.6 is 0 Å². The van der Waals surface area contributed by atoms with Crippen LogP contribution in [0.5, 0.6) is 5.75 Å². The minimum absolute atomic E-state index is 0.0462. The van der Waals surface area contributed by atoms with Crippen LogP contribution < -0.4 is 10.3 Å². The third-order valence-corrected chi connectivity index (χ3v) is 4.02. The van der Waals surface area contributed by atoms with Crippen LogP contribution in [0.4, 0.5) is 13.2 Å². The highest BCUT2D eigenvalue weighted by Gasteiger charge is 2.31. The molecule has 0 spiro atoms.